The van der Waals surface area contributed by atoms with E-state index in [1.807, 2.05) is 30.3 Å². The highest BCUT2D eigenvalue weighted by molar-refractivity contribution is 5.86. The molecule has 1 aliphatic heterocycles. The van der Waals surface area contributed by atoms with Crippen LogP contribution in [0.5, 0.6) is 5.75 Å². The van der Waals surface area contributed by atoms with Crippen molar-refractivity contribution in [2.75, 3.05) is 37.6 Å². The van der Waals surface area contributed by atoms with Crippen molar-refractivity contribution in [2.45, 2.75) is 6.18 Å². The molecule has 1 aliphatic rings. The van der Waals surface area contributed by atoms with Crippen molar-refractivity contribution < 1.29 is 22.6 Å². The summed E-state index contributed by atoms with van der Waals surface area (Å²) in [6.45, 7) is -1.05. The highest BCUT2D eigenvalue weighted by atomic mass is 19.4. The number of hydrogen-bond acceptors (Lipinski definition) is 8. The Bertz CT molecular complexity index is 1420. The first-order valence-electron chi connectivity index (χ1n) is 11.4. The summed E-state index contributed by atoms with van der Waals surface area (Å²) < 4.78 is 50.2. The van der Waals surface area contributed by atoms with E-state index in [1.54, 1.807) is 36.3 Å². The Morgan fingerprint density at radius 2 is 1.95 bits per heavy atom. The van der Waals surface area contributed by atoms with Crippen LogP contribution in [-0.2, 0) is 4.74 Å². The van der Waals surface area contributed by atoms with E-state index in [2.05, 4.69) is 10.4 Å². The third kappa shape index (κ3) is 6.03. The van der Waals surface area contributed by atoms with Crippen LogP contribution >= 0.6 is 0 Å². The molecule has 0 saturated carbocycles. The number of nitrogens with one attached hydrogen (secondary N) is 2. The van der Waals surface area contributed by atoms with Gasteiger partial charge in [0.15, 0.2) is 12.3 Å². The summed E-state index contributed by atoms with van der Waals surface area (Å²) in [5.74, 6) is 0.408. The maximum Gasteiger partial charge on any atom is 0.422 e. The molecule has 0 spiro atoms. The maximum atomic E-state index is 12.7. The van der Waals surface area contributed by atoms with Crippen molar-refractivity contribution in [1.29, 1.82) is 5.41 Å². The molecule has 0 radical (unpaired) electrons. The lowest BCUT2D eigenvalue weighted by Crippen LogP contribution is -2.35. The van der Waals surface area contributed by atoms with Gasteiger partial charge in [-0.15, -0.1) is 0 Å². The molecule has 0 saturated heterocycles. The third-order valence-electron chi connectivity index (χ3n) is 5.48. The molecule has 0 atom stereocenters. The van der Waals surface area contributed by atoms with Crippen molar-refractivity contribution in [3.05, 3.63) is 94.7 Å². The van der Waals surface area contributed by atoms with Crippen molar-refractivity contribution in [3.8, 4) is 11.4 Å². The summed E-state index contributed by atoms with van der Waals surface area (Å²) in [6, 6.07) is 15.5. The zero-order valence-corrected chi connectivity index (χ0v) is 20.6. The molecule has 9 nitrogen and oxygen atoms in total. The van der Waals surface area contributed by atoms with Crippen LogP contribution in [0.2, 0.25) is 0 Å². The number of allylic oxidation sites excluding steroid dienone is 1. The Morgan fingerprint density at radius 3 is 2.63 bits per heavy atom. The number of methoxy groups -OCH3 is 1. The van der Waals surface area contributed by atoms with Gasteiger partial charge in [-0.3, -0.25) is 4.79 Å². The number of aromatic nitrogens is 2. The number of ether oxygens (including phenoxy) is 2. The molecule has 0 amide bonds. The number of nitrogens with zero attached hydrogens (tertiary/aromatic N) is 4. The summed E-state index contributed by atoms with van der Waals surface area (Å²) >= 11 is 0. The van der Waals surface area contributed by atoms with E-state index in [9.17, 15) is 18.0 Å². The number of benzene rings is 2. The molecule has 2 heterocycles. The summed E-state index contributed by atoms with van der Waals surface area (Å²) in [4.78, 5) is 12.7. The van der Waals surface area contributed by atoms with Gasteiger partial charge in [-0.1, -0.05) is 18.2 Å². The van der Waals surface area contributed by atoms with Crippen LogP contribution in [0.4, 0.5) is 24.5 Å². The normalized spacial score (nSPS) is 14.3. The van der Waals surface area contributed by atoms with E-state index >= 15 is 0 Å². The Kier molecular flexibility index (Phi) is 7.82. The van der Waals surface area contributed by atoms with E-state index in [4.69, 9.17) is 14.9 Å². The second-order valence-electron chi connectivity index (χ2n) is 8.17. The first kappa shape index (κ1) is 26.5. The van der Waals surface area contributed by atoms with Crippen LogP contribution in [0.3, 0.4) is 0 Å². The number of alkyl halides is 3. The van der Waals surface area contributed by atoms with E-state index in [0.29, 0.717) is 35.1 Å². The lowest BCUT2D eigenvalue weighted by Gasteiger charge is -2.29. The zero-order valence-electron chi connectivity index (χ0n) is 20.6. The highest BCUT2D eigenvalue weighted by Gasteiger charge is 2.32. The molecule has 0 unspecified atom stereocenters. The summed E-state index contributed by atoms with van der Waals surface area (Å²) in [5.41, 5.74) is 1.76. The first-order valence-corrected chi connectivity index (χ1v) is 11.4. The Hall–Kier alpha value is -4.58. The van der Waals surface area contributed by atoms with Gasteiger partial charge < -0.3 is 20.2 Å². The molecule has 38 heavy (non-hydrogen) atoms. The molecule has 2 aromatic carbocycles. The van der Waals surface area contributed by atoms with Crippen molar-refractivity contribution in [3.63, 3.8) is 0 Å². The average molecular weight is 527 g/mol. The smallest absolute Gasteiger partial charge is 0.422 e. The molecule has 0 fully saturated rings. The molecule has 4 rings (SSSR count). The predicted molar refractivity (Wildman–Crippen MR) is 138 cm³/mol. The monoisotopic (exact) mass is 526 g/mol. The molecule has 1 aromatic heterocycles. The predicted octanol–water partition coefficient (Wildman–Crippen LogP) is 4.43. The van der Waals surface area contributed by atoms with Crippen molar-refractivity contribution in [2.24, 2.45) is 0 Å². The number of likely N-dealkylation sites (N-methyl/N-ethyl adjacent to an activating group) is 1. The number of anilines is 2. The minimum absolute atomic E-state index is 0.0526. The maximum absolute atomic E-state index is 12.7. The molecule has 0 aliphatic carbocycles. The molecule has 2 N–H and O–H groups in total. The summed E-state index contributed by atoms with van der Waals surface area (Å²) in [6.07, 6.45) is 1.05. The molecule has 198 valence electrons. The summed E-state index contributed by atoms with van der Waals surface area (Å²) in [5, 5.41) is 18.3. The highest BCUT2D eigenvalue weighted by Crippen LogP contribution is 2.33. The number of halogens is 3. The largest absolute Gasteiger partial charge is 0.494 e. The van der Waals surface area contributed by atoms with Gasteiger partial charge in [-0.05, 0) is 36.4 Å². The van der Waals surface area contributed by atoms with Crippen LogP contribution < -0.4 is 20.5 Å². The van der Waals surface area contributed by atoms with Gasteiger partial charge in [0.1, 0.15) is 11.4 Å². The van der Waals surface area contributed by atoms with Crippen molar-refractivity contribution >= 4 is 23.3 Å². The van der Waals surface area contributed by atoms with Gasteiger partial charge in [0.2, 0.25) is 11.3 Å². The Labute approximate surface area is 216 Å². The topological polar surface area (TPSA) is 95.7 Å². The van der Waals surface area contributed by atoms with Crippen LogP contribution in [-0.4, -0.2) is 54.5 Å². The second-order valence-corrected chi connectivity index (χ2v) is 8.17. The molecule has 0 bridgehead atoms. The van der Waals surface area contributed by atoms with Crippen LogP contribution in [0.15, 0.2) is 83.6 Å². The van der Waals surface area contributed by atoms with Crippen LogP contribution in [0.1, 0.15) is 5.69 Å². The van der Waals surface area contributed by atoms with Gasteiger partial charge in [0.05, 0.1) is 18.5 Å². The Balaban J connectivity index is 1.68. The molecule has 3 aromatic rings. The van der Waals surface area contributed by atoms with Gasteiger partial charge >= 0.3 is 6.18 Å². The third-order valence-corrected chi connectivity index (χ3v) is 5.48. The SMILES string of the molecule is COc1cc(N2C(OCC(F)(F)F)=CCN2C)ccc1-n1ccc(=O)c(/C(=C/C=N)Nc2ccccc2)n1. The molecule has 12 heteroatoms. The van der Waals surface area contributed by atoms with E-state index in [-0.39, 0.29) is 17.0 Å². The molecular weight excluding hydrogens is 501 g/mol. The fourth-order valence-corrected chi connectivity index (χ4v) is 3.80. The van der Waals surface area contributed by atoms with E-state index in [0.717, 1.165) is 6.21 Å². The lowest BCUT2D eigenvalue weighted by atomic mass is 10.2. The minimum Gasteiger partial charge on any atom is -0.494 e. The van der Waals surface area contributed by atoms with Gasteiger partial charge in [0, 0.05) is 43.8 Å². The van der Waals surface area contributed by atoms with E-state index in [1.165, 1.54) is 35.1 Å². The van der Waals surface area contributed by atoms with Crippen LogP contribution in [0.25, 0.3) is 11.4 Å². The Morgan fingerprint density at radius 1 is 1.18 bits per heavy atom. The van der Waals surface area contributed by atoms with Gasteiger partial charge in [-0.25, -0.2) is 14.7 Å². The fourth-order valence-electron chi connectivity index (χ4n) is 3.80. The van der Waals surface area contributed by atoms with E-state index < -0.39 is 12.8 Å². The standard InChI is InChI=1S/C26H25F3N6O3/c1-33-14-12-24(38-17-26(27,28)29)35(33)19-8-9-21(23(16-19)37-2)34-15-11-22(36)25(32-34)20(10-13-30)31-18-6-4-3-5-7-18/h3-13,15-16,30-31H,14,17H2,1-2H3/b20-10-,30-13?. The number of para-hydroxylation sites is 1. The van der Waals surface area contributed by atoms with Crippen LogP contribution in [0, 0.1) is 5.41 Å². The summed E-state index contributed by atoms with van der Waals surface area (Å²) in [7, 11) is 3.17. The average Bonchev–Trinajstić information content (AvgIpc) is 3.27. The zero-order chi connectivity index (χ0) is 27.3. The second kappa shape index (κ2) is 11.2. The van der Waals surface area contributed by atoms with Gasteiger partial charge in [-0.2, -0.15) is 18.3 Å². The number of hydrogen-bond donors (Lipinski definition) is 2. The molecular formula is C26H25F3N6O3. The van der Waals surface area contributed by atoms with Gasteiger partial charge in [0.25, 0.3) is 0 Å². The first-order chi connectivity index (χ1) is 18.2. The van der Waals surface area contributed by atoms with Crippen molar-refractivity contribution in [1.82, 2.24) is 14.8 Å². The lowest BCUT2D eigenvalue weighted by molar-refractivity contribution is -0.165. The quantitative estimate of drug-likeness (QED) is 0.398. The number of rotatable bonds is 9. The minimum atomic E-state index is -4.47. The number of hydrazine groups is 1. The fraction of sp³-hybridized carbons (Fsp3) is 0.192.